The number of benzene rings is 3. The molecular weight excluding hydrogens is 480 g/mol. The summed E-state index contributed by atoms with van der Waals surface area (Å²) in [4.78, 5) is 21.8. The van der Waals surface area contributed by atoms with Gasteiger partial charge in [-0.3, -0.25) is 4.79 Å². The highest BCUT2D eigenvalue weighted by molar-refractivity contribution is 8.00. The molecule has 0 bridgehead atoms. The smallest absolute Gasteiger partial charge is 0.234 e. The molecule has 1 aliphatic rings. The third kappa shape index (κ3) is 4.73. The highest BCUT2D eigenvalue weighted by atomic mass is 35.5. The molecule has 34 heavy (non-hydrogen) atoms. The zero-order valence-corrected chi connectivity index (χ0v) is 19.1. The fourth-order valence-corrected chi connectivity index (χ4v) is 4.48. The Morgan fingerprint density at radius 1 is 1.06 bits per heavy atom. The largest absolute Gasteiger partial charge is 0.438 e. The summed E-state index contributed by atoms with van der Waals surface area (Å²) in [5, 5.41) is 3.22. The summed E-state index contributed by atoms with van der Waals surface area (Å²) in [7, 11) is 0. The summed E-state index contributed by atoms with van der Waals surface area (Å²) >= 11 is 7.02. The van der Waals surface area contributed by atoms with Gasteiger partial charge in [-0.15, -0.1) is 0 Å². The number of hydrogen-bond acceptors (Lipinski definition) is 5. The van der Waals surface area contributed by atoms with Gasteiger partial charge in [0.25, 0.3) is 0 Å². The van der Waals surface area contributed by atoms with E-state index in [0.717, 1.165) is 11.1 Å². The molecule has 170 valence electrons. The molecule has 0 unspecified atom stereocenters. The van der Waals surface area contributed by atoms with E-state index in [1.54, 1.807) is 12.1 Å². The number of anilines is 1. The highest BCUT2D eigenvalue weighted by Gasteiger charge is 2.24. The quantitative estimate of drug-likeness (QED) is 0.223. The summed E-state index contributed by atoms with van der Waals surface area (Å²) in [5.74, 6) is 0.297. The average molecular weight is 496 g/mol. The number of halogens is 3. The van der Waals surface area contributed by atoms with Gasteiger partial charge >= 0.3 is 0 Å². The number of rotatable bonds is 5. The van der Waals surface area contributed by atoms with Crippen molar-refractivity contribution in [1.82, 2.24) is 9.97 Å². The molecule has 1 aliphatic heterocycles. The fourth-order valence-electron chi connectivity index (χ4n) is 3.48. The van der Waals surface area contributed by atoms with Gasteiger partial charge in [0.2, 0.25) is 11.8 Å². The van der Waals surface area contributed by atoms with E-state index in [9.17, 15) is 13.6 Å². The second-order valence-corrected chi connectivity index (χ2v) is 8.87. The SMILES string of the molecule is O=C(CSc1nc(-c2ccc(F)cc2)nc2c1Cc1ccccc1O2)Nc1ccc(F)c(Cl)c1. The van der Waals surface area contributed by atoms with Gasteiger partial charge in [-0.25, -0.2) is 13.8 Å². The van der Waals surface area contributed by atoms with Crippen molar-refractivity contribution in [1.29, 1.82) is 0 Å². The van der Waals surface area contributed by atoms with Gasteiger partial charge in [-0.1, -0.05) is 41.6 Å². The molecule has 1 aromatic heterocycles. The molecule has 0 saturated heterocycles. The van der Waals surface area contributed by atoms with Crippen LogP contribution >= 0.6 is 23.4 Å². The molecule has 0 saturated carbocycles. The Labute approximate surface area is 203 Å². The number of nitrogens with one attached hydrogen (secondary N) is 1. The van der Waals surface area contributed by atoms with Gasteiger partial charge in [-0.2, -0.15) is 4.98 Å². The van der Waals surface area contributed by atoms with Crippen molar-refractivity contribution in [2.45, 2.75) is 11.4 Å². The maximum atomic E-state index is 13.4. The first-order valence-electron chi connectivity index (χ1n) is 10.3. The van der Waals surface area contributed by atoms with Crippen LogP contribution in [0.5, 0.6) is 11.6 Å². The molecule has 0 atom stereocenters. The number of fused-ring (bicyclic) bond motifs is 2. The van der Waals surface area contributed by atoms with Crippen LogP contribution in [0.15, 0.2) is 71.8 Å². The lowest BCUT2D eigenvalue weighted by molar-refractivity contribution is -0.113. The Balaban J connectivity index is 1.43. The molecule has 5 nitrogen and oxygen atoms in total. The standard InChI is InChI=1S/C25H16ClF2N3O2S/c26-19-12-17(9-10-20(19)28)29-22(32)13-34-25-18-11-15-3-1-2-4-21(15)33-24(18)30-23(31-25)14-5-7-16(27)8-6-14/h1-10,12H,11,13H2,(H,29,32). The highest BCUT2D eigenvalue weighted by Crippen LogP contribution is 2.40. The van der Waals surface area contributed by atoms with E-state index >= 15 is 0 Å². The lowest BCUT2D eigenvalue weighted by atomic mass is 10.0. The molecule has 0 aliphatic carbocycles. The topological polar surface area (TPSA) is 64.1 Å². The van der Waals surface area contributed by atoms with Gasteiger partial charge < -0.3 is 10.1 Å². The van der Waals surface area contributed by atoms with Crippen molar-refractivity contribution in [3.8, 4) is 23.0 Å². The molecule has 1 N–H and O–H groups in total. The van der Waals surface area contributed by atoms with Crippen LogP contribution in [-0.2, 0) is 11.2 Å². The number of ether oxygens (including phenoxy) is 1. The van der Waals surface area contributed by atoms with Crippen molar-refractivity contribution in [2.24, 2.45) is 0 Å². The van der Waals surface area contributed by atoms with E-state index in [0.29, 0.717) is 40.2 Å². The minimum Gasteiger partial charge on any atom is -0.438 e. The van der Waals surface area contributed by atoms with Crippen LogP contribution in [0.1, 0.15) is 11.1 Å². The van der Waals surface area contributed by atoms with Crippen LogP contribution < -0.4 is 10.1 Å². The van der Waals surface area contributed by atoms with Gasteiger partial charge in [0.15, 0.2) is 5.82 Å². The molecule has 0 radical (unpaired) electrons. The minimum absolute atomic E-state index is 0.0446. The zero-order valence-electron chi connectivity index (χ0n) is 17.5. The third-order valence-electron chi connectivity index (χ3n) is 5.12. The Kier molecular flexibility index (Phi) is 6.17. The minimum atomic E-state index is -0.560. The number of nitrogens with zero attached hydrogens (tertiary/aromatic N) is 2. The van der Waals surface area contributed by atoms with Crippen molar-refractivity contribution in [3.05, 3.63) is 94.5 Å². The van der Waals surface area contributed by atoms with Gasteiger partial charge in [-0.05, 0) is 54.1 Å². The normalized spacial score (nSPS) is 11.9. The lowest BCUT2D eigenvalue weighted by Gasteiger charge is -2.21. The van der Waals surface area contributed by atoms with E-state index in [4.69, 9.17) is 16.3 Å². The van der Waals surface area contributed by atoms with Gasteiger partial charge in [0.05, 0.1) is 16.3 Å². The third-order valence-corrected chi connectivity index (χ3v) is 6.43. The van der Waals surface area contributed by atoms with Crippen LogP contribution in [0.25, 0.3) is 11.4 Å². The van der Waals surface area contributed by atoms with E-state index in [1.807, 2.05) is 24.3 Å². The van der Waals surface area contributed by atoms with Crippen molar-refractivity contribution >= 4 is 35.0 Å². The van der Waals surface area contributed by atoms with Gasteiger partial charge in [0, 0.05) is 17.7 Å². The van der Waals surface area contributed by atoms with Crippen LogP contribution in [-0.4, -0.2) is 21.6 Å². The maximum Gasteiger partial charge on any atom is 0.234 e. The average Bonchev–Trinajstić information content (AvgIpc) is 2.84. The number of amides is 1. The van der Waals surface area contributed by atoms with E-state index < -0.39 is 5.82 Å². The Morgan fingerprint density at radius 3 is 2.65 bits per heavy atom. The number of thioether (sulfide) groups is 1. The van der Waals surface area contributed by atoms with Crippen LogP contribution in [0, 0.1) is 11.6 Å². The summed E-state index contributed by atoms with van der Waals surface area (Å²) in [6.07, 6.45) is 0.548. The lowest BCUT2D eigenvalue weighted by Crippen LogP contribution is -2.15. The molecule has 1 amide bonds. The Bertz CT molecular complexity index is 1400. The maximum absolute atomic E-state index is 13.4. The molecular formula is C25H16ClF2N3O2S. The first kappa shape index (κ1) is 22.3. The van der Waals surface area contributed by atoms with Crippen LogP contribution in [0.3, 0.4) is 0 Å². The number of carbonyl (C=O) groups excluding carboxylic acids is 1. The van der Waals surface area contributed by atoms with Crippen molar-refractivity contribution in [3.63, 3.8) is 0 Å². The summed E-state index contributed by atoms with van der Waals surface area (Å²) in [6.45, 7) is 0. The fraction of sp³-hybridized carbons (Fsp3) is 0.0800. The predicted molar refractivity (Wildman–Crippen MR) is 128 cm³/mol. The zero-order chi connectivity index (χ0) is 23.7. The number of aromatic nitrogens is 2. The molecule has 0 fully saturated rings. The summed E-state index contributed by atoms with van der Waals surface area (Å²) in [5.41, 5.74) is 2.78. The van der Waals surface area contributed by atoms with Crippen LogP contribution in [0.2, 0.25) is 5.02 Å². The molecule has 4 aromatic rings. The summed E-state index contributed by atoms with van der Waals surface area (Å²) < 4.78 is 32.8. The van der Waals surface area contributed by atoms with E-state index in [-0.39, 0.29) is 22.5 Å². The van der Waals surface area contributed by atoms with E-state index in [1.165, 1.54) is 42.1 Å². The summed E-state index contributed by atoms with van der Waals surface area (Å²) in [6, 6.07) is 17.5. The predicted octanol–water partition coefficient (Wildman–Crippen LogP) is 6.50. The van der Waals surface area contributed by atoms with Crippen LogP contribution in [0.4, 0.5) is 14.5 Å². The molecule has 5 rings (SSSR count). The monoisotopic (exact) mass is 495 g/mol. The first-order valence-corrected chi connectivity index (χ1v) is 11.6. The molecule has 9 heteroatoms. The Hall–Kier alpha value is -3.49. The molecule has 2 heterocycles. The van der Waals surface area contributed by atoms with Crippen molar-refractivity contribution < 1.29 is 18.3 Å². The molecule has 0 spiro atoms. The van der Waals surface area contributed by atoms with Gasteiger partial charge in [0.1, 0.15) is 22.4 Å². The number of para-hydroxylation sites is 1. The number of hydrogen-bond donors (Lipinski definition) is 1. The van der Waals surface area contributed by atoms with Crippen molar-refractivity contribution in [2.75, 3.05) is 11.1 Å². The second kappa shape index (κ2) is 9.40. The number of carbonyl (C=O) groups is 1. The molecule has 3 aromatic carbocycles. The first-order chi connectivity index (χ1) is 16.5. The second-order valence-electron chi connectivity index (χ2n) is 7.50. The van der Waals surface area contributed by atoms with E-state index in [2.05, 4.69) is 15.3 Å². The Morgan fingerprint density at radius 2 is 1.85 bits per heavy atom.